The Morgan fingerprint density at radius 1 is 1.11 bits per heavy atom. The number of hydrogen-bond acceptors (Lipinski definition) is 1. The van der Waals surface area contributed by atoms with E-state index in [-0.39, 0.29) is 30.8 Å². The predicted octanol–water partition coefficient (Wildman–Crippen LogP) is -0.818. The molecule has 0 aromatic heterocycles. The standard InChI is InChI=1S/C2H6N4O.2ClH/c3-1(4)6-2(5)7;;/h(H6,3,4,5,6,7);2*1H. The van der Waals surface area contributed by atoms with Crippen LogP contribution in [-0.2, 0) is 0 Å². The third kappa shape index (κ3) is 18.8. The fraction of sp³-hybridized carbons (Fsp3) is 0. The number of carbonyl (C=O) groups excluding carboxylic acids is 1. The van der Waals surface area contributed by atoms with E-state index in [0.29, 0.717) is 0 Å². The molecule has 0 aromatic carbocycles. The molecule has 0 saturated carbocycles. The Kier molecular flexibility index (Phi) is 12.8. The van der Waals surface area contributed by atoms with Gasteiger partial charge in [-0.05, 0) is 0 Å². The van der Waals surface area contributed by atoms with Gasteiger partial charge >= 0.3 is 6.03 Å². The van der Waals surface area contributed by atoms with Crippen molar-refractivity contribution < 1.29 is 4.79 Å². The fourth-order valence-corrected chi connectivity index (χ4v) is 0.127. The first kappa shape index (κ1) is 15.8. The van der Waals surface area contributed by atoms with Crippen LogP contribution in [0.1, 0.15) is 0 Å². The third-order valence-electron chi connectivity index (χ3n) is 0.239. The fourth-order valence-electron chi connectivity index (χ4n) is 0.127. The monoisotopic (exact) mass is 174 g/mol. The smallest absolute Gasteiger partial charge is 0.341 e. The highest BCUT2D eigenvalue weighted by atomic mass is 35.5. The number of nitrogens with two attached hydrogens (primary N) is 3. The summed E-state index contributed by atoms with van der Waals surface area (Å²) in [7, 11) is 0. The molecule has 0 rings (SSSR count). The van der Waals surface area contributed by atoms with E-state index in [2.05, 4.69) is 10.7 Å². The third-order valence-corrected chi connectivity index (χ3v) is 0.239. The van der Waals surface area contributed by atoms with E-state index in [1.54, 1.807) is 0 Å². The number of guanidine groups is 1. The number of aliphatic imine (C=N–C) groups is 1. The van der Waals surface area contributed by atoms with Crippen LogP contribution in [0.15, 0.2) is 4.99 Å². The minimum absolute atomic E-state index is 0. The maximum Gasteiger partial charge on any atom is 0.341 e. The molecule has 0 unspecified atom stereocenters. The molecule has 0 spiro atoms. The first-order chi connectivity index (χ1) is 3.13. The van der Waals surface area contributed by atoms with E-state index in [9.17, 15) is 4.79 Å². The molecular formula is C2H8Cl2N4O. The Morgan fingerprint density at radius 3 is 1.44 bits per heavy atom. The van der Waals surface area contributed by atoms with E-state index in [0.717, 1.165) is 0 Å². The lowest BCUT2D eigenvalue weighted by molar-refractivity contribution is 0.256. The molecule has 0 aliphatic carbocycles. The zero-order valence-electron chi connectivity index (χ0n) is 4.40. The molecule has 0 aliphatic rings. The van der Waals surface area contributed by atoms with Gasteiger partial charge in [0.25, 0.3) is 0 Å². The molecule has 2 amide bonds. The second-order valence-corrected chi connectivity index (χ2v) is 0.875. The number of nitrogens with zero attached hydrogens (tertiary/aromatic N) is 1. The van der Waals surface area contributed by atoms with Crippen LogP contribution in [0.25, 0.3) is 0 Å². The molecule has 0 bridgehead atoms. The molecule has 0 radical (unpaired) electrons. The van der Waals surface area contributed by atoms with Gasteiger partial charge < -0.3 is 17.2 Å². The zero-order valence-corrected chi connectivity index (χ0v) is 6.04. The number of urea groups is 1. The normalized spacial score (nSPS) is 5.78. The summed E-state index contributed by atoms with van der Waals surface area (Å²) in [6, 6.07) is -0.875. The van der Waals surface area contributed by atoms with Crippen molar-refractivity contribution in [3.05, 3.63) is 0 Å². The van der Waals surface area contributed by atoms with Crippen LogP contribution in [0.3, 0.4) is 0 Å². The van der Waals surface area contributed by atoms with Crippen molar-refractivity contribution in [2.45, 2.75) is 0 Å². The van der Waals surface area contributed by atoms with E-state index >= 15 is 0 Å². The number of amides is 2. The second-order valence-electron chi connectivity index (χ2n) is 0.875. The minimum Gasteiger partial charge on any atom is -0.370 e. The highest BCUT2D eigenvalue weighted by molar-refractivity contribution is 5.89. The number of primary amides is 1. The Labute approximate surface area is 64.5 Å². The van der Waals surface area contributed by atoms with Gasteiger partial charge in [0, 0.05) is 0 Å². The number of rotatable bonds is 0. The van der Waals surface area contributed by atoms with Crippen molar-refractivity contribution in [2.75, 3.05) is 0 Å². The first-order valence-corrected chi connectivity index (χ1v) is 1.52. The van der Waals surface area contributed by atoms with Crippen molar-refractivity contribution in [3.8, 4) is 0 Å². The van der Waals surface area contributed by atoms with Crippen LogP contribution < -0.4 is 17.2 Å². The molecule has 56 valence electrons. The van der Waals surface area contributed by atoms with Crippen molar-refractivity contribution in [1.82, 2.24) is 0 Å². The Bertz CT molecular complexity index is 109. The highest BCUT2D eigenvalue weighted by Crippen LogP contribution is 1.60. The molecule has 5 nitrogen and oxygen atoms in total. The maximum atomic E-state index is 9.68. The molecule has 0 saturated heterocycles. The van der Waals surface area contributed by atoms with Crippen LogP contribution in [0.5, 0.6) is 0 Å². The lowest BCUT2D eigenvalue weighted by Gasteiger charge is -1.82. The summed E-state index contributed by atoms with van der Waals surface area (Å²) >= 11 is 0. The molecule has 0 fully saturated rings. The molecule has 0 aliphatic heterocycles. The summed E-state index contributed by atoms with van der Waals surface area (Å²) in [6.07, 6.45) is 0. The van der Waals surface area contributed by atoms with Crippen LogP contribution >= 0.6 is 24.8 Å². The van der Waals surface area contributed by atoms with E-state index < -0.39 is 6.03 Å². The molecule has 7 heteroatoms. The molecule has 0 heterocycles. The summed E-state index contributed by atoms with van der Waals surface area (Å²) in [5.74, 6) is -0.312. The molecule has 0 aromatic rings. The van der Waals surface area contributed by atoms with Crippen LogP contribution in [-0.4, -0.2) is 12.0 Å². The highest BCUT2D eigenvalue weighted by Gasteiger charge is 1.83. The van der Waals surface area contributed by atoms with Crippen LogP contribution in [0.4, 0.5) is 4.79 Å². The first-order valence-electron chi connectivity index (χ1n) is 1.52. The second kappa shape index (κ2) is 7.32. The quantitative estimate of drug-likeness (QED) is 0.330. The van der Waals surface area contributed by atoms with Gasteiger partial charge in [-0.15, -0.1) is 24.8 Å². The molecule has 9 heavy (non-hydrogen) atoms. The van der Waals surface area contributed by atoms with Gasteiger partial charge in [-0.2, -0.15) is 4.99 Å². The number of carbonyl (C=O) groups is 1. The van der Waals surface area contributed by atoms with Gasteiger partial charge in [-0.3, -0.25) is 0 Å². The van der Waals surface area contributed by atoms with Gasteiger partial charge in [0.1, 0.15) is 0 Å². The summed E-state index contributed by atoms with van der Waals surface area (Å²) in [4.78, 5) is 12.6. The lowest BCUT2D eigenvalue weighted by Crippen LogP contribution is -2.25. The number of halogens is 2. The van der Waals surface area contributed by atoms with E-state index in [1.807, 2.05) is 0 Å². The summed E-state index contributed by atoms with van der Waals surface area (Å²) in [5.41, 5.74) is 13.9. The zero-order chi connectivity index (χ0) is 5.86. The van der Waals surface area contributed by atoms with Crippen molar-refractivity contribution >= 4 is 36.8 Å². The van der Waals surface area contributed by atoms with Gasteiger partial charge in [0.05, 0.1) is 0 Å². The maximum absolute atomic E-state index is 9.68. The van der Waals surface area contributed by atoms with Crippen LogP contribution in [0, 0.1) is 0 Å². The average Bonchev–Trinajstić information content (AvgIpc) is 1.27. The topological polar surface area (TPSA) is 107 Å². The van der Waals surface area contributed by atoms with Crippen molar-refractivity contribution in [1.29, 1.82) is 0 Å². The average molecular weight is 175 g/mol. The van der Waals surface area contributed by atoms with Crippen LogP contribution in [0.2, 0.25) is 0 Å². The van der Waals surface area contributed by atoms with Gasteiger partial charge in [-0.25, -0.2) is 4.79 Å². The van der Waals surface area contributed by atoms with Gasteiger partial charge in [0.2, 0.25) is 0 Å². The van der Waals surface area contributed by atoms with Crippen molar-refractivity contribution in [3.63, 3.8) is 0 Å². The lowest BCUT2D eigenvalue weighted by atomic mass is 11.0. The Hall–Kier alpha value is -0.680. The summed E-state index contributed by atoms with van der Waals surface area (Å²) < 4.78 is 0. The predicted molar refractivity (Wildman–Crippen MR) is 39.9 cm³/mol. The SMILES string of the molecule is Cl.Cl.NC(=O)N=C(N)N. The summed E-state index contributed by atoms with van der Waals surface area (Å²) in [6.45, 7) is 0. The van der Waals surface area contributed by atoms with E-state index in [4.69, 9.17) is 11.5 Å². The van der Waals surface area contributed by atoms with E-state index in [1.165, 1.54) is 0 Å². The minimum atomic E-state index is -0.875. The van der Waals surface area contributed by atoms with Crippen molar-refractivity contribution in [2.24, 2.45) is 22.2 Å². The van der Waals surface area contributed by atoms with Gasteiger partial charge in [-0.1, -0.05) is 0 Å². The largest absolute Gasteiger partial charge is 0.370 e. The number of hydrogen-bond donors (Lipinski definition) is 3. The molecular weight excluding hydrogens is 167 g/mol. The molecule has 6 N–H and O–H groups in total. The molecule has 0 atom stereocenters. The van der Waals surface area contributed by atoms with Gasteiger partial charge in [0.15, 0.2) is 5.96 Å². The summed E-state index contributed by atoms with van der Waals surface area (Å²) in [5, 5.41) is 0. The Morgan fingerprint density at radius 2 is 1.44 bits per heavy atom. The Balaban J connectivity index is -0.000000180.